The largest absolute Gasteiger partial charge is 0.472 e. The van der Waals surface area contributed by atoms with Crippen molar-refractivity contribution in [2.24, 2.45) is 5.10 Å². The maximum atomic E-state index is 11.7. The summed E-state index contributed by atoms with van der Waals surface area (Å²) in [5.41, 5.74) is 3.42. The third-order valence-electron chi connectivity index (χ3n) is 2.10. The molecule has 1 heterocycles. The van der Waals surface area contributed by atoms with Crippen LogP contribution in [0.1, 0.15) is 15.9 Å². The van der Waals surface area contributed by atoms with Crippen molar-refractivity contribution in [1.29, 1.82) is 0 Å². The third-order valence-corrected chi connectivity index (χ3v) is 2.65. The van der Waals surface area contributed by atoms with Crippen LogP contribution in [0.4, 0.5) is 0 Å². The minimum absolute atomic E-state index is 0.276. The van der Waals surface area contributed by atoms with Gasteiger partial charge >= 0.3 is 0 Å². The van der Waals surface area contributed by atoms with Crippen LogP contribution in [0.15, 0.2) is 46.3 Å². The molecule has 0 unspecified atom stereocenters. The molecule has 0 spiro atoms. The molecule has 1 N–H and O–H groups in total. The molecule has 0 aliphatic carbocycles. The molecule has 1 aromatic carbocycles. The fraction of sp³-hybridized carbons (Fsp3) is 0. The maximum Gasteiger partial charge on any atom is 0.272 e. The summed E-state index contributed by atoms with van der Waals surface area (Å²) in [5, 5.41) is 4.52. The first-order valence-electron chi connectivity index (χ1n) is 4.97. The molecule has 18 heavy (non-hydrogen) atoms. The fourth-order valence-electron chi connectivity index (χ4n) is 1.25. The van der Waals surface area contributed by atoms with Gasteiger partial charge in [-0.25, -0.2) is 5.43 Å². The quantitative estimate of drug-likeness (QED) is 0.693. The van der Waals surface area contributed by atoms with Crippen LogP contribution in [0, 0.1) is 0 Å². The van der Waals surface area contributed by atoms with Crippen LogP contribution in [0.2, 0.25) is 10.0 Å². The molecule has 0 fully saturated rings. The number of nitrogens with zero attached hydrogens (tertiary/aromatic N) is 1. The highest BCUT2D eigenvalue weighted by Crippen LogP contribution is 2.20. The minimum atomic E-state index is -0.406. The Hall–Kier alpha value is -1.78. The summed E-state index contributed by atoms with van der Waals surface area (Å²) in [4.78, 5) is 11.7. The number of furan rings is 1. The zero-order valence-electron chi connectivity index (χ0n) is 9.06. The smallest absolute Gasteiger partial charge is 0.272 e. The second kappa shape index (κ2) is 5.71. The Morgan fingerprint density at radius 2 is 2.17 bits per heavy atom. The van der Waals surface area contributed by atoms with Gasteiger partial charge in [-0.05, 0) is 24.3 Å². The van der Waals surface area contributed by atoms with Crippen molar-refractivity contribution in [2.75, 3.05) is 0 Å². The van der Waals surface area contributed by atoms with Gasteiger partial charge < -0.3 is 4.42 Å². The predicted molar refractivity (Wildman–Crippen MR) is 70.2 cm³/mol. The van der Waals surface area contributed by atoms with E-state index in [4.69, 9.17) is 27.6 Å². The van der Waals surface area contributed by atoms with Gasteiger partial charge in [0.2, 0.25) is 0 Å². The molecule has 6 heteroatoms. The van der Waals surface area contributed by atoms with Gasteiger partial charge in [0, 0.05) is 10.6 Å². The van der Waals surface area contributed by atoms with E-state index in [1.54, 1.807) is 12.1 Å². The molecule has 0 bridgehead atoms. The standard InChI is InChI=1S/C12H8Cl2N2O2/c13-9-1-2-10(11(14)5-9)12(17)16-15-6-8-3-4-18-7-8/h1-7H,(H,16,17). The second-order valence-electron chi connectivity index (χ2n) is 3.38. The van der Waals surface area contributed by atoms with E-state index in [0.29, 0.717) is 10.6 Å². The van der Waals surface area contributed by atoms with Gasteiger partial charge in [0.05, 0.1) is 29.3 Å². The Balaban J connectivity index is 2.04. The van der Waals surface area contributed by atoms with Crippen LogP contribution < -0.4 is 5.43 Å². The second-order valence-corrected chi connectivity index (χ2v) is 4.22. The van der Waals surface area contributed by atoms with E-state index in [-0.39, 0.29) is 5.02 Å². The summed E-state index contributed by atoms with van der Waals surface area (Å²) < 4.78 is 4.85. The van der Waals surface area contributed by atoms with Gasteiger partial charge in [-0.2, -0.15) is 5.10 Å². The lowest BCUT2D eigenvalue weighted by atomic mass is 10.2. The summed E-state index contributed by atoms with van der Waals surface area (Å²) in [6.45, 7) is 0. The number of hydrazone groups is 1. The molecule has 0 aliphatic heterocycles. The van der Waals surface area contributed by atoms with Gasteiger partial charge in [0.25, 0.3) is 5.91 Å². The zero-order valence-corrected chi connectivity index (χ0v) is 10.6. The van der Waals surface area contributed by atoms with Crippen LogP contribution in [0.5, 0.6) is 0 Å². The van der Waals surface area contributed by atoms with Crippen LogP contribution >= 0.6 is 23.2 Å². The Morgan fingerprint density at radius 3 is 2.83 bits per heavy atom. The molecule has 92 valence electrons. The van der Waals surface area contributed by atoms with Crippen molar-refractivity contribution in [3.8, 4) is 0 Å². The number of amides is 1. The highest BCUT2D eigenvalue weighted by molar-refractivity contribution is 6.36. The van der Waals surface area contributed by atoms with E-state index < -0.39 is 5.91 Å². The van der Waals surface area contributed by atoms with Crippen molar-refractivity contribution in [1.82, 2.24) is 5.43 Å². The van der Waals surface area contributed by atoms with E-state index in [0.717, 1.165) is 5.56 Å². The number of hydrogen-bond acceptors (Lipinski definition) is 3. The van der Waals surface area contributed by atoms with Gasteiger partial charge in [0.15, 0.2) is 0 Å². The monoisotopic (exact) mass is 282 g/mol. The highest BCUT2D eigenvalue weighted by atomic mass is 35.5. The summed E-state index contributed by atoms with van der Waals surface area (Å²) in [6.07, 6.45) is 4.48. The molecule has 0 saturated carbocycles. The molecular weight excluding hydrogens is 275 g/mol. The zero-order chi connectivity index (χ0) is 13.0. The van der Waals surface area contributed by atoms with Gasteiger partial charge in [-0.1, -0.05) is 23.2 Å². The number of hydrogen-bond donors (Lipinski definition) is 1. The normalized spacial score (nSPS) is 10.8. The van der Waals surface area contributed by atoms with E-state index in [1.165, 1.54) is 30.9 Å². The summed E-state index contributed by atoms with van der Waals surface area (Å²) in [6, 6.07) is 6.33. The van der Waals surface area contributed by atoms with Crippen molar-refractivity contribution in [3.05, 3.63) is 58.0 Å². The molecule has 4 nitrogen and oxygen atoms in total. The van der Waals surface area contributed by atoms with Crippen LogP contribution in [0.3, 0.4) is 0 Å². The average molecular weight is 283 g/mol. The van der Waals surface area contributed by atoms with Crippen molar-refractivity contribution in [3.63, 3.8) is 0 Å². The number of rotatable bonds is 3. The molecular formula is C12H8Cl2N2O2. The minimum Gasteiger partial charge on any atom is -0.472 e. The molecule has 2 aromatic rings. The molecule has 1 amide bonds. The first-order chi connectivity index (χ1) is 8.66. The molecule has 0 aliphatic rings. The lowest BCUT2D eigenvalue weighted by Crippen LogP contribution is -2.17. The Kier molecular flexibility index (Phi) is 4.02. The molecule has 0 atom stereocenters. The van der Waals surface area contributed by atoms with E-state index in [9.17, 15) is 4.79 Å². The van der Waals surface area contributed by atoms with E-state index >= 15 is 0 Å². The highest BCUT2D eigenvalue weighted by Gasteiger charge is 2.09. The lowest BCUT2D eigenvalue weighted by molar-refractivity contribution is 0.0955. The van der Waals surface area contributed by atoms with E-state index in [2.05, 4.69) is 10.5 Å². The lowest BCUT2D eigenvalue weighted by Gasteiger charge is -2.02. The van der Waals surface area contributed by atoms with Gasteiger partial charge in [-0.3, -0.25) is 4.79 Å². The Bertz CT molecular complexity index is 580. The van der Waals surface area contributed by atoms with Crippen LogP contribution in [0.25, 0.3) is 0 Å². The van der Waals surface area contributed by atoms with Crippen molar-refractivity contribution >= 4 is 35.3 Å². The average Bonchev–Trinajstić information content (AvgIpc) is 2.81. The number of nitrogens with one attached hydrogen (secondary N) is 1. The SMILES string of the molecule is O=C(NN=Cc1ccoc1)c1ccc(Cl)cc1Cl. The van der Waals surface area contributed by atoms with Crippen LogP contribution in [-0.2, 0) is 0 Å². The number of carbonyl (C=O) groups is 1. The van der Waals surface area contributed by atoms with E-state index in [1.807, 2.05) is 0 Å². The Morgan fingerprint density at radius 1 is 1.33 bits per heavy atom. The summed E-state index contributed by atoms with van der Waals surface area (Å²) >= 11 is 11.6. The number of halogens is 2. The van der Waals surface area contributed by atoms with Crippen molar-refractivity contribution in [2.45, 2.75) is 0 Å². The Labute approximate surface area is 113 Å². The van der Waals surface area contributed by atoms with Crippen molar-refractivity contribution < 1.29 is 9.21 Å². The topological polar surface area (TPSA) is 54.6 Å². The number of benzene rings is 1. The molecule has 2 rings (SSSR count). The summed E-state index contributed by atoms with van der Waals surface area (Å²) in [7, 11) is 0. The molecule has 1 aromatic heterocycles. The first-order valence-corrected chi connectivity index (χ1v) is 5.73. The molecule has 0 radical (unpaired) electrons. The molecule has 0 saturated heterocycles. The fourth-order valence-corrected chi connectivity index (χ4v) is 1.74. The predicted octanol–water partition coefficient (Wildman–Crippen LogP) is 3.35. The maximum absolute atomic E-state index is 11.7. The van der Waals surface area contributed by atoms with Gasteiger partial charge in [-0.15, -0.1) is 0 Å². The van der Waals surface area contributed by atoms with Crippen LogP contribution in [-0.4, -0.2) is 12.1 Å². The third kappa shape index (κ3) is 3.12. The van der Waals surface area contributed by atoms with Gasteiger partial charge in [0.1, 0.15) is 0 Å². The first kappa shape index (κ1) is 12.7. The summed E-state index contributed by atoms with van der Waals surface area (Å²) in [5.74, 6) is -0.406. The number of carbonyl (C=O) groups excluding carboxylic acids is 1.